The molecule has 0 aliphatic carbocycles. The molecule has 0 unspecified atom stereocenters. The Morgan fingerprint density at radius 1 is 1.25 bits per heavy atom. The van der Waals surface area contributed by atoms with Gasteiger partial charge in [0.25, 0.3) is 0 Å². The molecule has 0 aliphatic rings. The maximum absolute atomic E-state index is 13.0. The van der Waals surface area contributed by atoms with E-state index in [1.54, 1.807) is 0 Å². The Hall–Kier alpha value is -0.630. The van der Waals surface area contributed by atoms with E-state index in [1.165, 1.54) is 0 Å². The van der Waals surface area contributed by atoms with Gasteiger partial charge in [0, 0.05) is 16.7 Å². The Labute approximate surface area is 75.2 Å². The highest BCUT2D eigenvalue weighted by Crippen LogP contribution is 2.27. The van der Waals surface area contributed by atoms with Gasteiger partial charge in [0.05, 0.1) is 0 Å². The fourth-order valence-electron chi connectivity index (χ4n) is 1.10. The Kier molecular flexibility index (Phi) is 2.68. The summed E-state index contributed by atoms with van der Waals surface area (Å²) in [5, 5.41) is 0.155. The average Bonchev–Trinajstić information content (AvgIpc) is 1.82. The fourth-order valence-corrected chi connectivity index (χ4v) is 1.52. The van der Waals surface area contributed by atoms with Crippen molar-refractivity contribution in [2.45, 2.75) is 19.8 Å². The maximum atomic E-state index is 13.0. The maximum Gasteiger partial charge on any atom is 0.131 e. The topological polar surface area (TPSA) is 0 Å². The summed E-state index contributed by atoms with van der Waals surface area (Å²) < 4.78 is 25.6. The Morgan fingerprint density at radius 3 is 2.25 bits per heavy atom. The van der Waals surface area contributed by atoms with E-state index < -0.39 is 11.6 Å². The lowest BCUT2D eigenvalue weighted by atomic mass is 10.0. The highest BCUT2D eigenvalue weighted by atomic mass is 35.5. The van der Waals surface area contributed by atoms with Gasteiger partial charge in [-0.2, -0.15) is 0 Å². The second-order valence-corrected chi connectivity index (χ2v) is 3.35. The smallest absolute Gasteiger partial charge is 0.131 e. The largest absolute Gasteiger partial charge is 0.207 e. The minimum Gasteiger partial charge on any atom is -0.207 e. The predicted octanol–water partition coefficient (Wildman–Crippen LogP) is 3.74. The van der Waals surface area contributed by atoms with Crippen LogP contribution in [0.15, 0.2) is 12.1 Å². The molecule has 3 heteroatoms. The van der Waals surface area contributed by atoms with Crippen molar-refractivity contribution in [3.05, 3.63) is 34.4 Å². The van der Waals surface area contributed by atoms with Crippen LogP contribution >= 0.6 is 11.6 Å². The second-order valence-electron chi connectivity index (χ2n) is 2.94. The van der Waals surface area contributed by atoms with Gasteiger partial charge in [-0.1, -0.05) is 25.4 Å². The first kappa shape index (κ1) is 9.46. The van der Waals surface area contributed by atoms with Crippen LogP contribution in [0.3, 0.4) is 0 Å². The van der Waals surface area contributed by atoms with Gasteiger partial charge in [0.1, 0.15) is 11.6 Å². The number of hydrogen-bond acceptors (Lipinski definition) is 0. The standard InChI is InChI=1S/C9H9ClF2/c1-5(2)9-7(10)3-6(11)4-8(9)12/h3-5H,1-2H3. The van der Waals surface area contributed by atoms with E-state index in [0.29, 0.717) is 5.56 Å². The van der Waals surface area contributed by atoms with Crippen molar-refractivity contribution < 1.29 is 8.78 Å². The third kappa shape index (κ3) is 1.75. The third-order valence-corrected chi connectivity index (χ3v) is 1.93. The monoisotopic (exact) mass is 190 g/mol. The molecule has 0 bridgehead atoms. The van der Waals surface area contributed by atoms with Crippen LogP contribution in [0.4, 0.5) is 8.78 Å². The van der Waals surface area contributed by atoms with Crippen LogP contribution in [0.1, 0.15) is 25.3 Å². The van der Waals surface area contributed by atoms with E-state index in [2.05, 4.69) is 0 Å². The van der Waals surface area contributed by atoms with Crippen molar-refractivity contribution in [2.24, 2.45) is 0 Å². The molecule has 0 nitrogen and oxygen atoms in total. The Balaban J connectivity index is 3.28. The molecule has 0 aliphatic heterocycles. The zero-order chi connectivity index (χ0) is 9.30. The third-order valence-electron chi connectivity index (χ3n) is 1.62. The van der Waals surface area contributed by atoms with Crippen molar-refractivity contribution in [2.75, 3.05) is 0 Å². The van der Waals surface area contributed by atoms with Crippen LogP contribution in [0.2, 0.25) is 5.02 Å². The first-order valence-electron chi connectivity index (χ1n) is 3.67. The van der Waals surface area contributed by atoms with Gasteiger partial charge in [0.2, 0.25) is 0 Å². The summed E-state index contributed by atoms with van der Waals surface area (Å²) in [7, 11) is 0. The van der Waals surface area contributed by atoms with E-state index in [-0.39, 0.29) is 10.9 Å². The highest BCUT2D eigenvalue weighted by Gasteiger charge is 2.12. The molecule has 0 spiro atoms. The van der Waals surface area contributed by atoms with E-state index in [0.717, 1.165) is 12.1 Å². The van der Waals surface area contributed by atoms with E-state index in [1.807, 2.05) is 13.8 Å². The Morgan fingerprint density at radius 2 is 1.83 bits per heavy atom. The summed E-state index contributed by atoms with van der Waals surface area (Å²) in [6.45, 7) is 3.62. The lowest BCUT2D eigenvalue weighted by Crippen LogP contribution is -1.95. The number of benzene rings is 1. The predicted molar refractivity (Wildman–Crippen MR) is 45.5 cm³/mol. The first-order valence-corrected chi connectivity index (χ1v) is 4.04. The van der Waals surface area contributed by atoms with E-state index >= 15 is 0 Å². The molecular formula is C9H9ClF2. The molecule has 0 N–H and O–H groups in total. The van der Waals surface area contributed by atoms with Gasteiger partial charge >= 0.3 is 0 Å². The molecule has 0 radical (unpaired) electrons. The van der Waals surface area contributed by atoms with E-state index in [9.17, 15) is 8.78 Å². The molecule has 1 aromatic rings. The minimum absolute atomic E-state index is 0.0295. The second kappa shape index (κ2) is 3.40. The molecule has 12 heavy (non-hydrogen) atoms. The molecule has 1 rings (SSSR count). The van der Waals surface area contributed by atoms with E-state index in [4.69, 9.17) is 11.6 Å². The summed E-state index contributed by atoms with van der Waals surface area (Å²) in [6, 6.07) is 1.97. The molecule has 0 fully saturated rings. The van der Waals surface area contributed by atoms with Crippen LogP contribution < -0.4 is 0 Å². The number of halogens is 3. The molecule has 1 aromatic carbocycles. The number of rotatable bonds is 1. The lowest BCUT2D eigenvalue weighted by molar-refractivity contribution is 0.565. The van der Waals surface area contributed by atoms with Crippen molar-refractivity contribution in [1.82, 2.24) is 0 Å². The molecule has 0 saturated heterocycles. The van der Waals surface area contributed by atoms with Crippen molar-refractivity contribution in [3.63, 3.8) is 0 Å². The molecule has 66 valence electrons. The SMILES string of the molecule is CC(C)c1c(F)cc(F)cc1Cl. The van der Waals surface area contributed by atoms with Gasteiger partial charge in [-0.3, -0.25) is 0 Å². The summed E-state index contributed by atoms with van der Waals surface area (Å²) >= 11 is 5.65. The van der Waals surface area contributed by atoms with Crippen LogP contribution in [0.5, 0.6) is 0 Å². The molecule has 0 atom stereocenters. The summed E-state index contributed by atoms with van der Waals surface area (Å²) in [5.74, 6) is -1.24. The lowest BCUT2D eigenvalue weighted by Gasteiger charge is -2.08. The highest BCUT2D eigenvalue weighted by molar-refractivity contribution is 6.31. The van der Waals surface area contributed by atoms with Crippen LogP contribution in [0.25, 0.3) is 0 Å². The summed E-state index contributed by atoms with van der Waals surface area (Å²) in [4.78, 5) is 0. The molecule has 0 heterocycles. The summed E-state index contributed by atoms with van der Waals surface area (Å²) in [5.41, 5.74) is 0.373. The first-order chi connectivity index (χ1) is 5.52. The normalized spacial score (nSPS) is 10.8. The van der Waals surface area contributed by atoms with Crippen LogP contribution in [0, 0.1) is 11.6 Å². The molecule has 0 amide bonds. The zero-order valence-electron chi connectivity index (χ0n) is 6.87. The fraction of sp³-hybridized carbons (Fsp3) is 0.333. The van der Waals surface area contributed by atoms with Crippen LogP contribution in [-0.4, -0.2) is 0 Å². The van der Waals surface area contributed by atoms with Crippen molar-refractivity contribution in [3.8, 4) is 0 Å². The van der Waals surface area contributed by atoms with Crippen LogP contribution in [-0.2, 0) is 0 Å². The van der Waals surface area contributed by atoms with Gasteiger partial charge in [0.15, 0.2) is 0 Å². The molecule has 0 aromatic heterocycles. The Bertz CT molecular complexity index is 272. The quantitative estimate of drug-likeness (QED) is 0.633. The van der Waals surface area contributed by atoms with Gasteiger partial charge in [-0.05, 0) is 12.0 Å². The van der Waals surface area contributed by atoms with Crippen molar-refractivity contribution in [1.29, 1.82) is 0 Å². The van der Waals surface area contributed by atoms with Crippen molar-refractivity contribution >= 4 is 11.6 Å². The average molecular weight is 191 g/mol. The molecular weight excluding hydrogens is 182 g/mol. The number of hydrogen-bond donors (Lipinski definition) is 0. The molecule has 0 saturated carbocycles. The van der Waals surface area contributed by atoms with Gasteiger partial charge < -0.3 is 0 Å². The summed E-state index contributed by atoms with van der Waals surface area (Å²) in [6.07, 6.45) is 0. The minimum atomic E-state index is -0.637. The van der Waals surface area contributed by atoms with Gasteiger partial charge in [-0.15, -0.1) is 0 Å². The van der Waals surface area contributed by atoms with Gasteiger partial charge in [-0.25, -0.2) is 8.78 Å². The zero-order valence-corrected chi connectivity index (χ0v) is 7.62.